The number of hydrogen-bond acceptors (Lipinski definition) is 4. The summed E-state index contributed by atoms with van der Waals surface area (Å²) < 4.78 is 20.1. The lowest BCUT2D eigenvalue weighted by molar-refractivity contribution is -0.897. The van der Waals surface area contributed by atoms with Crippen molar-refractivity contribution in [2.75, 3.05) is 5.32 Å². The average Bonchev–Trinajstić information content (AvgIpc) is 3.32. The number of amides is 1. The molecular formula is C26H20FN4O3+. The van der Waals surface area contributed by atoms with Gasteiger partial charge in [-0.1, -0.05) is 0 Å². The molecule has 0 saturated heterocycles. The van der Waals surface area contributed by atoms with E-state index in [2.05, 4.69) is 15.3 Å². The van der Waals surface area contributed by atoms with Crippen molar-refractivity contribution >= 4 is 22.6 Å². The summed E-state index contributed by atoms with van der Waals surface area (Å²) >= 11 is 0. The summed E-state index contributed by atoms with van der Waals surface area (Å²) in [6.07, 6.45) is 3.47. The van der Waals surface area contributed by atoms with E-state index < -0.39 is 5.91 Å². The second-order valence-electron chi connectivity index (χ2n) is 7.70. The molecule has 34 heavy (non-hydrogen) atoms. The van der Waals surface area contributed by atoms with Gasteiger partial charge >= 0.3 is 11.6 Å². The number of aromatic nitrogens is 3. The molecule has 0 aliphatic carbocycles. The van der Waals surface area contributed by atoms with E-state index in [-0.39, 0.29) is 11.5 Å². The maximum atomic E-state index is 13.2. The number of anilines is 1. The predicted molar refractivity (Wildman–Crippen MR) is 125 cm³/mol. The van der Waals surface area contributed by atoms with Crippen molar-refractivity contribution in [1.82, 2.24) is 9.97 Å². The number of H-pyrrole nitrogens is 1. The van der Waals surface area contributed by atoms with Crippen molar-refractivity contribution in [3.63, 3.8) is 0 Å². The van der Waals surface area contributed by atoms with E-state index in [1.807, 2.05) is 19.1 Å². The zero-order chi connectivity index (χ0) is 23.7. The van der Waals surface area contributed by atoms with Crippen LogP contribution in [0.4, 0.5) is 10.1 Å². The van der Waals surface area contributed by atoms with Gasteiger partial charge < -0.3 is 15.0 Å². The Morgan fingerprint density at radius 3 is 2.71 bits per heavy atom. The summed E-state index contributed by atoms with van der Waals surface area (Å²) in [4.78, 5) is 20.2. The molecule has 8 heteroatoms. The third kappa shape index (κ3) is 4.04. The lowest BCUT2D eigenvalue weighted by Gasteiger charge is -2.11. The first-order valence-corrected chi connectivity index (χ1v) is 10.5. The largest absolute Gasteiger partial charge is 0.457 e. The minimum Gasteiger partial charge on any atom is -0.457 e. The first-order valence-electron chi connectivity index (χ1n) is 10.5. The SMILES string of the molecule is Cc1cc(Oc2ccnc3[nH]ccc23)ccc1NC(=O)c1cccc(-c2ccc(F)cc2)[n+]1O. The van der Waals surface area contributed by atoms with E-state index in [1.54, 1.807) is 42.7 Å². The van der Waals surface area contributed by atoms with Crippen molar-refractivity contribution in [2.45, 2.75) is 6.92 Å². The summed E-state index contributed by atoms with van der Waals surface area (Å²) in [5, 5.41) is 14.3. The topological polar surface area (TPSA) is 91.1 Å². The molecule has 5 aromatic rings. The van der Waals surface area contributed by atoms with E-state index in [4.69, 9.17) is 4.74 Å². The zero-order valence-corrected chi connectivity index (χ0v) is 18.1. The van der Waals surface area contributed by atoms with Crippen molar-refractivity contribution in [2.24, 2.45) is 0 Å². The molecule has 0 fully saturated rings. The summed E-state index contributed by atoms with van der Waals surface area (Å²) in [6.45, 7) is 1.85. The van der Waals surface area contributed by atoms with Gasteiger partial charge in [0.1, 0.15) is 23.0 Å². The number of fused-ring (bicyclic) bond motifs is 1. The van der Waals surface area contributed by atoms with Crippen LogP contribution in [0.25, 0.3) is 22.3 Å². The van der Waals surface area contributed by atoms with Crippen LogP contribution in [-0.4, -0.2) is 21.1 Å². The average molecular weight is 455 g/mol. The molecular weight excluding hydrogens is 435 g/mol. The number of nitrogens with one attached hydrogen (secondary N) is 2. The molecule has 3 aromatic heterocycles. The maximum Gasteiger partial charge on any atom is 0.325 e. The van der Waals surface area contributed by atoms with Gasteiger partial charge in [-0.3, -0.25) is 10.0 Å². The molecule has 5 rings (SSSR count). The van der Waals surface area contributed by atoms with Crippen LogP contribution in [0.15, 0.2) is 85.2 Å². The second kappa shape index (κ2) is 8.67. The van der Waals surface area contributed by atoms with Gasteiger partial charge in [0.15, 0.2) is 0 Å². The molecule has 0 atom stereocenters. The Morgan fingerprint density at radius 1 is 1.09 bits per heavy atom. The fraction of sp³-hybridized carbons (Fsp3) is 0.0385. The van der Waals surface area contributed by atoms with Crippen molar-refractivity contribution in [1.29, 1.82) is 0 Å². The lowest BCUT2D eigenvalue weighted by atomic mass is 10.1. The van der Waals surface area contributed by atoms with E-state index in [9.17, 15) is 14.4 Å². The Morgan fingerprint density at radius 2 is 1.91 bits per heavy atom. The molecule has 0 radical (unpaired) electrons. The van der Waals surface area contributed by atoms with Gasteiger partial charge in [-0.05, 0) is 73.2 Å². The van der Waals surface area contributed by atoms with Gasteiger partial charge in [-0.25, -0.2) is 9.37 Å². The van der Waals surface area contributed by atoms with Crippen molar-refractivity contribution < 1.29 is 23.9 Å². The van der Waals surface area contributed by atoms with Gasteiger partial charge in [0, 0.05) is 34.9 Å². The van der Waals surface area contributed by atoms with Crippen molar-refractivity contribution in [3.05, 3.63) is 102 Å². The van der Waals surface area contributed by atoms with E-state index in [0.717, 1.165) is 21.3 Å². The van der Waals surface area contributed by atoms with Gasteiger partial charge in [0.05, 0.1) is 10.9 Å². The molecule has 0 saturated carbocycles. The fourth-order valence-corrected chi connectivity index (χ4v) is 3.69. The molecule has 2 aromatic carbocycles. The molecule has 0 aliphatic heterocycles. The number of nitrogens with zero attached hydrogens (tertiary/aromatic N) is 2. The Balaban J connectivity index is 1.37. The molecule has 7 nitrogen and oxygen atoms in total. The molecule has 3 heterocycles. The Hall–Kier alpha value is -4.72. The number of carbonyl (C=O) groups excluding carboxylic acids is 1. The van der Waals surface area contributed by atoms with Gasteiger partial charge in [0.25, 0.3) is 5.69 Å². The number of hydrogen-bond donors (Lipinski definition) is 3. The third-order valence-electron chi connectivity index (χ3n) is 5.43. The summed E-state index contributed by atoms with van der Waals surface area (Å²) in [7, 11) is 0. The quantitative estimate of drug-likeness (QED) is 0.249. The van der Waals surface area contributed by atoms with Gasteiger partial charge in [-0.2, -0.15) is 0 Å². The summed E-state index contributed by atoms with van der Waals surface area (Å²) in [5.74, 6) is 0.402. The molecule has 1 amide bonds. The lowest BCUT2D eigenvalue weighted by Crippen LogP contribution is -2.41. The second-order valence-corrected chi connectivity index (χ2v) is 7.70. The highest BCUT2D eigenvalue weighted by molar-refractivity contribution is 6.02. The molecule has 0 unspecified atom stereocenters. The minimum atomic E-state index is -0.494. The summed E-state index contributed by atoms with van der Waals surface area (Å²) in [6, 6.07) is 19.4. The van der Waals surface area contributed by atoms with Crippen molar-refractivity contribution in [3.8, 4) is 22.8 Å². The molecule has 0 bridgehead atoms. The number of ether oxygens (including phenoxy) is 1. The van der Waals surface area contributed by atoms with E-state index >= 15 is 0 Å². The number of halogens is 1. The third-order valence-corrected chi connectivity index (χ3v) is 5.43. The van der Waals surface area contributed by atoms with E-state index in [1.165, 1.54) is 30.3 Å². The van der Waals surface area contributed by atoms with Crippen LogP contribution in [0.5, 0.6) is 11.5 Å². The highest BCUT2D eigenvalue weighted by atomic mass is 19.1. The maximum absolute atomic E-state index is 13.2. The highest BCUT2D eigenvalue weighted by Gasteiger charge is 2.25. The Labute approximate surface area is 194 Å². The molecule has 0 spiro atoms. The first-order chi connectivity index (χ1) is 16.5. The number of aromatic amines is 1. The molecule has 3 N–H and O–H groups in total. The predicted octanol–water partition coefficient (Wildman–Crippen LogP) is 5.25. The number of aryl methyl sites for hydroxylation is 1. The van der Waals surface area contributed by atoms with Crippen LogP contribution in [-0.2, 0) is 0 Å². The van der Waals surface area contributed by atoms with E-state index in [0.29, 0.717) is 28.4 Å². The smallest absolute Gasteiger partial charge is 0.325 e. The number of carbonyl (C=O) groups is 1. The molecule has 168 valence electrons. The first kappa shape index (κ1) is 21.1. The minimum absolute atomic E-state index is 0.0354. The van der Waals surface area contributed by atoms with Crippen LogP contribution in [0, 0.1) is 12.7 Å². The fourth-order valence-electron chi connectivity index (χ4n) is 3.69. The van der Waals surface area contributed by atoms with Crippen LogP contribution < -0.4 is 14.8 Å². The van der Waals surface area contributed by atoms with Gasteiger partial charge in [-0.15, -0.1) is 0 Å². The summed E-state index contributed by atoms with van der Waals surface area (Å²) in [5.41, 5.74) is 3.06. The highest BCUT2D eigenvalue weighted by Crippen LogP contribution is 2.30. The van der Waals surface area contributed by atoms with Crippen LogP contribution in [0.2, 0.25) is 0 Å². The number of benzene rings is 2. The monoisotopic (exact) mass is 455 g/mol. The molecule has 0 aliphatic rings. The van der Waals surface area contributed by atoms with Crippen LogP contribution in [0.3, 0.4) is 0 Å². The Bertz CT molecular complexity index is 1510. The number of rotatable bonds is 5. The van der Waals surface area contributed by atoms with Crippen LogP contribution >= 0.6 is 0 Å². The van der Waals surface area contributed by atoms with Gasteiger partial charge in [0.2, 0.25) is 0 Å². The Kier molecular flexibility index (Phi) is 5.39. The number of pyridine rings is 2. The standard InChI is InChI=1S/C26H19FN4O3/c1-16-15-19(34-24-12-14-29-25-20(24)11-13-28-25)9-10-21(16)30-26(32)23-4-2-3-22(31(23)33)17-5-7-18(27)8-6-17/h2-15H,1H3,(H2-,28,29,30,32,33)/p+1. The zero-order valence-electron chi connectivity index (χ0n) is 18.1. The van der Waals surface area contributed by atoms with Crippen LogP contribution in [0.1, 0.15) is 16.1 Å². The normalized spacial score (nSPS) is 10.9.